The minimum Gasteiger partial charge on any atom is -0.593 e. The lowest BCUT2D eigenvalue weighted by Crippen LogP contribution is -2.33. The number of nitrogens with one attached hydrogen (secondary N) is 1. The van der Waals surface area contributed by atoms with Gasteiger partial charge in [-0.3, -0.25) is 8.87 Å². The number of hydrogen-bond acceptors (Lipinski definition) is 4. The number of fused-ring (bicyclic) bond motifs is 1. The summed E-state index contributed by atoms with van der Waals surface area (Å²) in [7, 11) is 3.46. The average molecular weight is 554 g/mol. The molecule has 4 rings (SSSR count). The number of halogens is 1. The Morgan fingerprint density at radius 2 is 2.03 bits per heavy atom. The Kier molecular flexibility index (Phi) is 7.37. The van der Waals surface area contributed by atoms with Gasteiger partial charge in [0.1, 0.15) is 0 Å². The van der Waals surface area contributed by atoms with Crippen LogP contribution >= 0.6 is 30.3 Å². The SMILES string of the molecule is CN[S+]([O-])c1cccc(C2CCCCN2Cc2c(C)cc(C)c3c2ccn3SI)c1. The molecule has 1 saturated heterocycles. The maximum atomic E-state index is 12.3. The lowest BCUT2D eigenvalue weighted by molar-refractivity contribution is 0.140. The van der Waals surface area contributed by atoms with E-state index in [1.807, 2.05) is 12.1 Å². The second-order valence-electron chi connectivity index (χ2n) is 7.99. The van der Waals surface area contributed by atoms with E-state index in [4.69, 9.17) is 0 Å². The predicted octanol–water partition coefficient (Wildman–Crippen LogP) is 6.07. The Bertz CT molecular complexity index is 1040. The summed E-state index contributed by atoms with van der Waals surface area (Å²) < 4.78 is 17.4. The zero-order valence-electron chi connectivity index (χ0n) is 17.7. The van der Waals surface area contributed by atoms with Crippen molar-refractivity contribution in [1.82, 2.24) is 13.6 Å². The molecule has 2 unspecified atom stereocenters. The van der Waals surface area contributed by atoms with E-state index in [0.717, 1.165) is 24.4 Å². The van der Waals surface area contributed by atoms with Crippen LogP contribution < -0.4 is 4.72 Å². The lowest BCUT2D eigenvalue weighted by atomic mass is 9.93. The van der Waals surface area contributed by atoms with Gasteiger partial charge in [-0.2, -0.15) is 0 Å². The molecule has 160 valence electrons. The normalized spacial score (nSPS) is 18.8. The second kappa shape index (κ2) is 9.83. The van der Waals surface area contributed by atoms with E-state index >= 15 is 0 Å². The lowest BCUT2D eigenvalue weighted by Gasteiger charge is -2.36. The van der Waals surface area contributed by atoms with Gasteiger partial charge in [-0.25, -0.2) is 0 Å². The van der Waals surface area contributed by atoms with Crippen molar-refractivity contribution in [3.8, 4) is 0 Å². The molecule has 0 bridgehead atoms. The number of nitrogens with zero attached hydrogens (tertiary/aromatic N) is 2. The van der Waals surface area contributed by atoms with Gasteiger partial charge in [-0.05, 0) is 67.6 Å². The zero-order chi connectivity index (χ0) is 21.3. The smallest absolute Gasteiger partial charge is 0.174 e. The van der Waals surface area contributed by atoms with E-state index < -0.39 is 11.4 Å². The first-order chi connectivity index (χ1) is 14.5. The summed E-state index contributed by atoms with van der Waals surface area (Å²) >= 11 is 1.20. The predicted molar refractivity (Wildman–Crippen MR) is 137 cm³/mol. The number of rotatable bonds is 6. The summed E-state index contributed by atoms with van der Waals surface area (Å²) in [6, 6.07) is 13.3. The van der Waals surface area contributed by atoms with Crippen LogP contribution in [-0.4, -0.2) is 27.0 Å². The van der Waals surface area contributed by atoms with Gasteiger partial charge in [0.2, 0.25) is 0 Å². The highest BCUT2D eigenvalue weighted by Crippen LogP contribution is 2.37. The molecule has 0 spiro atoms. The third-order valence-corrected chi connectivity index (χ3v) is 8.93. The molecule has 1 aliphatic heterocycles. The van der Waals surface area contributed by atoms with Crippen LogP contribution in [0.25, 0.3) is 10.9 Å². The molecule has 0 aliphatic carbocycles. The van der Waals surface area contributed by atoms with Gasteiger partial charge < -0.3 is 4.55 Å². The van der Waals surface area contributed by atoms with Crippen LogP contribution in [0.1, 0.15) is 47.6 Å². The van der Waals surface area contributed by atoms with Crippen LogP contribution in [0.15, 0.2) is 47.5 Å². The van der Waals surface area contributed by atoms with Crippen molar-refractivity contribution in [2.24, 2.45) is 0 Å². The molecule has 4 nitrogen and oxygen atoms in total. The van der Waals surface area contributed by atoms with Crippen molar-refractivity contribution in [3.63, 3.8) is 0 Å². The number of aryl methyl sites for hydroxylation is 2. The number of aromatic nitrogens is 1. The Morgan fingerprint density at radius 3 is 2.80 bits per heavy atom. The summed E-state index contributed by atoms with van der Waals surface area (Å²) in [4.78, 5) is 3.47. The van der Waals surface area contributed by atoms with Crippen molar-refractivity contribution >= 4 is 52.6 Å². The van der Waals surface area contributed by atoms with Gasteiger partial charge >= 0.3 is 0 Å². The summed E-state index contributed by atoms with van der Waals surface area (Å²) in [6.07, 6.45) is 5.80. The van der Waals surface area contributed by atoms with Gasteiger partial charge in [0.25, 0.3) is 0 Å². The standard InChI is InChI=1S/C23H28IN3OS2/c1-16-13-17(2)23-20(10-12-27(23)29-24)21(16)15-26-11-5-4-9-22(26)18-7-6-8-19(14-18)30(28)25-3/h6-8,10,12-14,22,25H,4-5,9,11,15H2,1-3H3. The van der Waals surface area contributed by atoms with Crippen molar-refractivity contribution in [2.45, 2.75) is 50.6 Å². The molecule has 2 aromatic carbocycles. The molecule has 0 saturated carbocycles. The highest BCUT2D eigenvalue weighted by atomic mass is 127. The molecule has 0 radical (unpaired) electrons. The molecule has 1 aromatic heterocycles. The third-order valence-electron chi connectivity index (χ3n) is 6.15. The van der Waals surface area contributed by atoms with Crippen LogP contribution in [0.4, 0.5) is 0 Å². The first-order valence-corrected chi connectivity index (χ1v) is 14.8. The number of benzene rings is 2. The Morgan fingerprint density at radius 1 is 1.20 bits per heavy atom. The Hall–Kier alpha value is -0.710. The Labute approximate surface area is 198 Å². The minimum atomic E-state index is -1.15. The topological polar surface area (TPSA) is 43.3 Å². The van der Waals surface area contributed by atoms with Crippen LogP contribution in [0.2, 0.25) is 0 Å². The molecule has 3 aromatic rings. The maximum absolute atomic E-state index is 12.3. The summed E-state index contributed by atoms with van der Waals surface area (Å²) in [5.41, 5.74) is 6.73. The molecule has 2 atom stereocenters. The van der Waals surface area contributed by atoms with Crippen molar-refractivity contribution < 1.29 is 4.55 Å². The van der Waals surface area contributed by atoms with Crippen LogP contribution in [0.5, 0.6) is 0 Å². The number of hydrogen-bond donors (Lipinski definition) is 1. The molecule has 1 fully saturated rings. The summed E-state index contributed by atoms with van der Waals surface area (Å²) in [5.74, 6) is 0. The van der Waals surface area contributed by atoms with Gasteiger partial charge in [-0.15, -0.1) is 4.72 Å². The van der Waals surface area contributed by atoms with E-state index in [-0.39, 0.29) is 0 Å². The first-order valence-electron chi connectivity index (χ1n) is 10.4. The van der Waals surface area contributed by atoms with Crippen molar-refractivity contribution in [3.05, 3.63) is 64.8 Å². The van der Waals surface area contributed by atoms with E-state index in [1.165, 1.54) is 46.0 Å². The summed E-state index contributed by atoms with van der Waals surface area (Å²) in [6.45, 7) is 6.49. The molecule has 7 heteroatoms. The quantitative estimate of drug-likeness (QED) is 0.297. The molecule has 1 N–H and O–H groups in total. The van der Waals surface area contributed by atoms with Gasteiger partial charge in [-0.1, -0.05) is 24.6 Å². The average Bonchev–Trinajstić information content (AvgIpc) is 3.21. The third kappa shape index (κ3) is 4.42. The van der Waals surface area contributed by atoms with Crippen molar-refractivity contribution in [1.29, 1.82) is 0 Å². The molecule has 30 heavy (non-hydrogen) atoms. The fraction of sp³-hybridized carbons (Fsp3) is 0.391. The molecular formula is C23H28IN3OS2. The minimum absolute atomic E-state index is 0.365. The fourth-order valence-corrected chi connectivity index (χ4v) is 6.80. The van der Waals surface area contributed by atoms with Crippen LogP contribution in [0.3, 0.4) is 0 Å². The monoisotopic (exact) mass is 553 g/mol. The second-order valence-corrected chi connectivity index (χ2v) is 11.1. The largest absolute Gasteiger partial charge is 0.593 e. The van der Waals surface area contributed by atoms with E-state index in [9.17, 15) is 4.55 Å². The van der Waals surface area contributed by atoms with Crippen LogP contribution in [0, 0.1) is 13.8 Å². The van der Waals surface area contributed by atoms with Gasteiger partial charge in [0, 0.05) is 67.6 Å². The first kappa shape index (κ1) is 22.5. The van der Waals surface area contributed by atoms with Crippen LogP contribution in [-0.2, 0) is 17.9 Å². The summed E-state index contributed by atoms with van der Waals surface area (Å²) in [5, 5.41) is 1.37. The van der Waals surface area contributed by atoms with E-state index in [0.29, 0.717) is 6.04 Å². The fourth-order valence-electron chi connectivity index (χ4n) is 4.72. The highest BCUT2D eigenvalue weighted by molar-refractivity contribution is 14.2. The molecular weight excluding hydrogens is 525 g/mol. The molecule has 1 aliphatic rings. The number of piperidine rings is 1. The van der Waals surface area contributed by atoms with Gasteiger partial charge in [0.15, 0.2) is 4.90 Å². The molecule has 2 heterocycles. The molecule has 0 amide bonds. The van der Waals surface area contributed by atoms with Gasteiger partial charge in [0.05, 0.1) is 16.9 Å². The van der Waals surface area contributed by atoms with E-state index in [2.05, 4.69) is 79.1 Å². The van der Waals surface area contributed by atoms with Crippen molar-refractivity contribution in [2.75, 3.05) is 13.6 Å². The Balaban J connectivity index is 1.69. The number of likely N-dealkylation sites (tertiary alicyclic amines) is 1. The zero-order valence-corrected chi connectivity index (χ0v) is 21.4. The highest BCUT2D eigenvalue weighted by Gasteiger charge is 2.26. The van der Waals surface area contributed by atoms with E-state index in [1.54, 1.807) is 16.2 Å². The maximum Gasteiger partial charge on any atom is 0.174 e.